The Labute approximate surface area is 146 Å². The minimum Gasteiger partial charge on any atom is -0.206 e. The molecule has 1 nitrogen and oxygen atoms in total. The number of rotatable bonds is 5. The molecule has 0 heterocycles. The van der Waals surface area contributed by atoms with Crippen LogP contribution < -0.4 is 0 Å². The third kappa shape index (κ3) is 5.09. The maximum atomic E-state index is 14.1. The van der Waals surface area contributed by atoms with E-state index in [1.54, 1.807) is 24.3 Å². The highest BCUT2D eigenvalue weighted by atomic mass is 32.1. The summed E-state index contributed by atoms with van der Waals surface area (Å²) in [6, 6.07) is 9.61. The molecule has 0 saturated carbocycles. The summed E-state index contributed by atoms with van der Waals surface area (Å²) in [5.74, 6) is 4.11. The second kappa shape index (κ2) is 9.08. The van der Waals surface area contributed by atoms with Crippen LogP contribution in [0, 0.1) is 23.5 Å². The molecule has 0 spiro atoms. The molecule has 0 aliphatic heterocycles. The van der Waals surface area contributed by atoms with Crippen molar-refractivity contribution in [3.63, 3.8) is 0 Å². The molecule has 0 radical (unpaired) electrons. The lowest BCUT2D eigenvalue weighted by Gasteiger charge is -2.04. The first-order valence-electron chi connectivity index (χ1n) is 7.82. The molecule has 0 atom stereocenters. The van der Waals surface area contributed by atoms with Gasteiger partial charge in [-0.25, -0.2) is 8.78 Å². The summed E-state index contributed by atoms with van der Waals surface area (Å²) in [7, 11) is 0. The fraction of sp³-hybridized carbons (Fsp3) is 0.250. The number of unbranched alkanes of at least 4 members (excludes halogenated alkanes) is 2. The van der Waals surface area contributed by atoms with Gasteiger partial charge in [0.2, 0.25) is 0 Å². The summed E-state index contributed by atoms with van der Waals surface area (Å²) >= 11 is 4.53. The molecule has 122 valence electrons. The Hall–Kier alpha value is -2.34. The average molecular weight is 341 g/mol. The number of halogens is 2. The van der Waals surface area contributed by atoms with Gasteiger partial charge in [-0.3, -0.25) is 0 Å². The lowest BCUT2D eigenvalue weighted by molar-refractivity contribution is 0.572. The van der Waals surface area contributed by atoms with E-state index in [9.17, 15) is 8.78 Å². The van der Waals surface area contributed by atoms with Crippen molar-refractivity contribution in [1.82, 2.24) is 0 Å². The molecular formula is C20H17F2NS. The SMILES string of the molecule is CCCCCc1cc(F)c(C#Cc2ccc(N=C=S)cc2)c(F)c1. The molecule has 0 unspecified atom stereocenters. The van der Waals surface area contributed by atoms with E-state index in [0.29, 0.717) is 23.2 Å². The highest BCUT2D eigenvalue weighted by Gasteiger charge is 2.09. The van der Waals surface area contributed by atoms with Crippen molar-refractivity contribution in [3.05, 3.63) is 64.7 Å². The van der Waals surface area contributed by atoms with E-state index in [4.69, 9.17) is 0 Å². The lowest BCUT2D eigenvalue weighted by atomic mass is 10.0. The fourth-order valence-electron chi connectivity index (χ4n) is 2.28. The molecule has 0 saturated heterocycles. The summed E-state index contributed by atoms with van der Waals surface area (Å²) in [5.41, 5.74) is 1.77. The third-order valence-corrected chi connectivity index (χ3v) is 3.64. The van der Waals surface area contributed by atoms with E-state index < -0.39 is 11.6 Å². The van der Waals surface area contributed by atoms with Crippen molar-refractivity contribution >= 4 is 23.1 Å². The molecule has 2 rings (SSSR count). The van der Waals surface area contributed by atoms with Gasteiger partial charge in [-0.1, -0.05) is 31.6 Å². The number of benzene rings is 2. The van der Waals surface area contributed by atoms with Crippen LogP contribution in [0.4, 0.5) is 14.5 Å². The minimum absolute atomic E-state index is 0.199. The zero-order valence-electron chi connectivity index (χ0n) is 13.4. The van der Waals surface area contributed by atoms with Crippen molar-refractivity contribution in [2.75, 3.05) is 0 Å². The van der Waals surface area contributed by atoms with E-state index >= 15 is 0 Å². The van der Waals surface area contributed by atoms with E-state index in [1.165, 1.54) is 12.1 Å². The molecule has 0 bridgehead atoms. The van der Waals surface area contributed by atoms with Gasteiger partial charge < -0.3 is 0 Å². The predicted octanol–water partition coefficient (Wildman–Crippen LogP) is 5.83. The number of hydrogen-bond donors (Lipinski definition) is 0. The van der Waals surface area contributed by atoms with Crippen LogP contribution in [0.15, 0.2) is 41.4 Å². The fourth-order valence-corrected chi connectivity index (χ4v) is 2.38. The summed E-state index contributed by atoms with van der Waals surface area (Å²) in [6.07, 6.45) is 3.73. The first kappa shape index (κ1) is 18.0. The predicted molar refractivity (Wildman–Crippen MR) is 96.7 cm³/mol. The zero-order chi connectivity index (χ0) is 17.4. The number of hydrogen-bond acceptors (Lipinski definition) is 2. The maximum Gasteiger partial charge on any atom is 0.142 e. The first-order chi connectivity index (χ1) is 11.6. The third-order valence-electron chi connectivity index (χ3n) is 3.54. The molecular weight excluding hydrogens is 324 g/mol. The summed E-state index contributed by atoms with van der Waals surface area (Å²) in [5, 5.41) is 2.27. The quantitative estimate of drug-likeness (QED) is 0.288. The second-order valence-corrected chi connectivity index (χ2v) is 5.57. The van der Waals surface area contributed by atoms with Crippen LogP contribution in [-0.4, -0.2) is 5.16 Å². The van der Waals surface area contributed by atoms with Gasteiger partial charge >= 0.3 is 0 Å². The van der Waals surface area contributed by atoms with Gasteiger partial charge in [0.1, 0.15) is 11.6 Å². The van der Waals surface area contributed by atoms with Crippen LogP contribution in [0.1, 0.15) is 42.9 Å². The molecule has 0 aliphatic rings. The Morgan fingerprint density at radius 3 is 2.25 bits per heavy atom. The van der Waals surface area contributed by atoms with Gasteiger partial charge in [-0.15, -0.1) is 0 Å². The highest BCUT2D eigenvalue weighted by Crippen LogP contribution is 2.17. The maximum absolute atomic E-state index is 14.1. The van der Waals surface area contributed by atoms with Crippen LogP contribution in [0.2, 0.25) is 0 Å². The molecule has 0 N–H and O–H groups in total. The largest absolute Gasteiger partial charge is 0.206 e. The van der Waals surface area contributed by atoms with Crippen LogP contribution >= 0.6 is 12.2 Å². The van der Waals surface area contributed by atoms with Crippen molar-refractivity contribution < 1.29 is 8.78 Å². The number of aryl methyl sites for hydroxylation is 1. The van der Waals surface area contributed by atoms with Gasteiger partial charge in [0.25, 0.3) is 0 Å². The molecule has 0 fully saturated rings. The minimum atomic E-state index is -0.615. The number of thiocarbonyl (C=S) groups is 1. The van der Waals surface area contributed by atoms with Crippen LogP contribution in [-0.2, 0) is 6.42 Å². The van der Waals surface area contributed by atoms with Gasteiger partial charge in [0.05, 0.1) is 16.4 Å². The normalized spacial score (nSPS) is 9.79. The van der Waals surface area contributed by atoms with Crippen LogP contribution in [0.25, 0.3) is 0 Å². The number of aliphatic imine (C=N–C) groups is 1. The van der Waals surface area contributed by atoms with E-state index in [1.807, 2.05) is 0 Å². The number of nitrogens with zero attached hydrogens (tertiary/aromatic N) is 1. The molecule has 0 aliphatic carbocycles. The molecule has 4 heteroatoms. The number of isothiocyanates is 1. The van der Waals surface area contributed by atoms with E-state index in [0.717, 1.165) is 19.3 Å². The monoisotopic (exact) mass is 341 g/mol. The summed E-state index contributed by atoms with van der Waals surface area (Å²) in [6.45, 7) is 2.09. The van der Waals surface area contributed by atoms with Gasteiger partial charge in [-0.05, 0) is 67.0 Å². The van der Waals surface area contributed by atoms with E-state index in [2.05, 4.69) is 41.1 Å². The topological polar surface area (TPSA) is 12.4 Å². The van der Waals surface area contributed by atoms with Crippen molar-refractivity contribution in [2.45, 2.75) is 32.6 Å². The molecule has 0 amide bonds. The van der Waals surface area contributed by atoms with Crippen molar-refractivity contribution in [2.24, 2.45) is 4.99 Å². The lowest BCUT2D eigenvalue weighted by Crippen LogP contribution is -1.95. The summed E-state index contributed by atoms with van der Waals surface area (Å²) in [4.78, 5) is 3.83. The molecule has 2 aromatic rings. The Balaban J connectivity index is 2.19. The van der Waals surface area contributed by atoms with Crippen molar-refractivity contribution in [1.29, 1.82) is 0 Å². The zero-order valence-corrected chi connectivity index (χ0v) is 14.2. The van der Waals surface area contributed by atoms with Crippen LogP contribution in [0.5, 0.6) is 0 Å². The molecule has 24 heavy (non-hydrogen) atoms. The average Bonchev–Trinajstić information content (AvgIpc) is 2.56. The second-order valence-electron chi connectivity index (χ2n) is 5.39. The highest BCUT2D eigenvalue weighted by molar-refractivity contribution is 7.78. The van der Waals surface area contributed by atoms with Crippen LogP contribution in [0.3, 0.4) is 0 Å². The smallest absolute Gasteiger partial charge is 0.142 e. The Kier molecular flexibility index (Phi) is 6.81. The Morgan fingerprint density at radius 2 is 1.67 bits per heavy atom. The van der Waals surface area contributed by atoms with Gasteiger partial charge in [0.15, 0.2) is 0 Å². The first-order valence-corrected chi connectivity index (χ1v) is 8.22. The standard InChI is InChI=1S/C20H17F2NS/c1-2-3-4-5-16-12-19(21)18(20(22)13-16)11-8-15-6-9-17(10-7-15)23-14-24/h6-7,9-10,12-13H,2-5H2,1H3. The van der Waals surface area contributed by atoms with E-state index in [-0.39, 0.29) is 5.56 Å². The Morgan fingerprint density at radius 1 is 1.00 bits per heavy atom. The van der Waals surface area contributed by atoms with Gasteiger partial charge in [0, 0.05) is 5.56 Å². The molecule has 2 aromatic carbocycles. The van der Waals surface area contributed by atoms with Gasteiger partial charge in [-0.2, -0.15) is 4.99 Å². The van der Waals surface area contributed by atoms with Crippen molar-refractivity contribution in [3.8, 4) is 11.8 Å². The molecule has 0 aromatic heterocycles. The summed E-state index contributed by atoms with van der Waals surface area (Å²) < 4.78 is 28.2. The Bertz CT molecular complexity index is 787.